The Morgan fingerprint density at radius 3 is 2.22 bits per heavy atom. The molecule has 1 aliphatic carbocycles. The zero-order valence-corrected chi connectivity index (χ0v) is 25.9. The molecular formula is C41H26N2S2. The van der Waals surface area contributed by atoms with Gasteiger partial charge in [-0.05, 0) is 70.6 Å². The van der Waals surface area contributed by atoms with Gasteiger partial charge in [0.15, 0.2) is 0 Å². The van der Waals surface area contributed by atoms with Crippen LogP contribution in [0.3, 0.4) is 0 Å². The fourth-order valence-corrected chi connectivity index (χ4v) is 9.73. The number of rotatable bonds is 3. The van der Waals surface area contributed by atoms with Crippen molar-refractivity contribution in [2.75, 3.05) is 4.90 Å². The summed E-state index contributed by atoms with van der Waals surface area (Å²) in [4.78, 5) is 7.67. The maximum atomic E-state index is 5.12. The molecule has 2 nitrogen and oxygen atoms in total. The van der Waals surface area contributed by atoms with Gasteiger partial charge < -0.3 is 4.90 Å². The normalized spacial score (nSPS) is 17.1. The number of hydrogen-bond acceptors (Lipinski definition) is 4. The van der Waals surface area contributed by atoms with E-state index in [1.54, 1.807) is 0 Å². The summed E-state index contributed by atoms with van der Waals surface area (Å²) in [6, 6.07) is 44.6. The maximum Gasteiger partial charge on any atom is 0.124 e. The van der Waals surface area contributed by atoms with E-state index in [1.807, 2.05) is 22.7 Å². The first-order valence-electron chi connectivity index (χ1n) is 15.4. The number of aromatic nitrogens is 1. The Hall–Kier alpha value is -5.03. The van der Waals surface area contributed by atoms with E-state index in [0.29, 0.717) is 5.92 Å². The van der Waals surface area contributed by atoms with Crippen molar-refractivity contribution in [2.24, 2.45) is 0 Å². The molecule has 1 aliphatic heterocycles. The fourth-order valence-electron chi connectivity index (χ4n) is 7.42. The number of hydrogen-bond donors (Lipinski definition) is 0. The first-order chi connectivity index (χ1) is 22.3. The predicted molar refractivity (Wildman–Crippen MR) is 194 cm³/mol. The van der Waals surface area contributed by atoms with Gasteiger partial charge in [-0.2, -0.15) is 0 Å². The summed E-state index contributed by atoms with van der Waals surface area (Å²) in [5, 5.41) is 6.32. The standard InChI is InChI=1S/C41H26N2S2/c1-2-10-25(11-3-1)32-24-33-29-13-6-8-16-35(29)43(39(33)30-14-5-4-12-28(30)32)27-20-18-26(19-21-27)41-42-34-22-23-37-38(40(34)45-41)31-15-7-9-17-36(31)44-37/h1-24,29,35H. The zero-order chi connectivity index (χ0) is 29.5. The van der Waals surface area contributed by atoms with Gasteiger partial charge in [0.05, 0.1) is 21.9 Å². The van der Waals surface area contributed by atoms with Crippen molar-refractivity contribution in [3.63, 3.8) is 0 Å². The molecule has 45 heavy (non-hydrogen) atoms. The molecule has 2 atom stereocenters. The van der Waals surface area contributed by atoms with Crippen molar-refractivity contribution in [3.05, 3.63) is 151 Å². The number of benzene rings is 6. The molecular weight excluding hydrogens is 585 g/mol. The van der Waals surface area contributed by atoms with Gasteiger partial charge in [-0.15, -0.1) is 22.7 Å². The average molecular weight is 611 g/mol. The number of thiophene rings is 1. The van der Waals surface area contributed by atoms with E-state index >= 15 is 0 Å². The van der Waals surface area contributed by atoms with Crippen LogP contribution < -0.4 is 4.90 Å². The highest BCUT2D eigenvalue weighted by atomic mass is 32.1. The molecule has 8 aromatic rings. The van der Waals surface area contributed by atoms with E-state index in [4.69, 9.17) is 4.98 Å². The van der Waals surface area contributed by atoms with Crippen LogP contribution in [0.4, 0.5) is 11.4 Å². The largest absolute Gasteiger partial charge is 0.333 e. The molecule has 0 spiro atoms. The fraction of sp³-hybridized carbons (Fsp3) is 0.0488. The van der Waals surface area contributed by atoms with Crippen LogP contribution in [0.15, 0.2) is 146 Å². The molecule has 6 aromatic carbocycles. The van der Waals surface area contributed by atoms with Crippen molar-refractivity contribution in [1.29, 1.82) is 0 Å². The summed E-state index contributed by atoms with van der Waals surface area (Å²) in [6.45, 7) is 0. The van der Waals surface area contributed by atoms with E-state index in [-0.39, 0.29) is 6.04 Å². The van der Waals surface area contributed by atoms with Gasteiger partial charge in [0, 0.05) is 42.7 Å². The van der Waals surface area contributed by atoms with Crippen molar-refractivity contribution in [3.8, 4) is 21.7 Å². The maximum absolute atomic E-state index is 5.12. The summed E-state index contributed by atoms with van der Waals surface area (Å²) in [7, 11) is 0. The summed E-state index contributed by atoms with van der Waals surface area (Å²) in [5.41, 5.74) is 8.70. The van der Waals surface area contributed by atoms with E-state index in [9.17, 15) is 0 Å². The van der Waals surface area contributed by atoms with Gasteiger partial charge in [0.25, 0.3) is 0 Å². The van der Waals surface area contributed by atoms with Gasteiger partial charge in [-0.1, -0.05) is 97.1 Å². The third-order valence-corrected chi connectivity index (χ3v) is 11.7. The van der Waals surface area contributed by atoms with Crippen molar-refractivity contribution in [2.45, 2.75) is 12.0 Å². The van der Waals surface area contributed by atoms with Crippen LogP contribution in [0.1, 0.15) is 11.5 Å². The molecule has 2 aliphatic rings. The van der Waals surface area contributed by atoms with Gasteiger partial charge in [0.1, 0.15) is 5.01 Å². The highest BCUT2D eigenvalue weighted by molar-refractivity contribution is 7.28. The van der Waals surface area contributed by atoms with Gasteiger partial charge in [-0.3, -0.25) is 0 Å². The number of thiazole rings is 1. The van der Waals surface area contributed by atoms with Crippen LogP contribution >= 0.6 is 22.7 Å². The Labute approximate surface area is 268 Å². The molecule has 3 heterocycles. The third kappa shape index (κ3) is 3.76. The molecule has 0 N–H and O–H groups in total. The lowest BCUT2D eigenvalue weighted by molar-refractivity contribution is 0.745. The lowest BCUT2D eigenvalue weighted by Gasteiger charge is -2.29. The average Bonchev–Trinajstić information content (AvgIpc) is 3.80. The van der Waals surface area contributed by atoms with Crippen LogP contribution in [0.5, 0.6) is 0 Å². The molecule has 4 heteroatoms. The number of nitrogens with zero attached hydrogens (tertiary/aromatic N) is 2. The SMILES string of the molecule is C1=CC2c3cc(-c4ccccc4)c4ccccc4c3N(c3ccc(-c4nc5ccc6sc7ccccc7c6c5s4)cc3)C2C=C1. The molecule has 0 fully saturated rings. The van der Waals surface area contributed by atoms with Gasteiger partial charge in [0.2, 0.25) is 0 Å². The second-order valence-corrected chi connectivity index (χ2v) is 14.0. The lowest BCUT2D eigenvalue weighted by Crippen LogP contribution is -2.28. The third-order valence-electron chi connectivity index (χ3n) is 9.42. The highest BCUT2D eigenvalue weighted by Gasteiger charge is 2.39. The second-order valence-electron chi connectivity index (χ2n) is 11.9. The number of fused-ring (bicyclic) bond motifs is 10. The summed E-state index contributed by atoms with van der Waals surface area (Å²) in [6.07, 6.45) is 9.14. The molecule has 0 radical (unpaired) electrons. The molecule has 2 unspecified atom stereocenters. The van der Waals surface area contributed by atoms with E-state index in [2.05, 4.69) is 151 Å². The molecule has 0 bridgehead atoms. The Bertz CT molecular complexity index is 2500. The number of anilines is 2. The Balaban J connectivity index is 1.11. The first-order valence-corrected chi connectivity index (χ1v) is 17.0. The molecule has 212 valence electrons. The topological polar surface area (TPSA) is 16.1 Å². The zero-order valence-electron chi connectivity index (χ0n) is 24.2. The molecule has 10 rings (SSSR count). The van der Waals surface area contributed by atoms with Crippen molar-refractivity contribution >= 4 is 75.2 Å². The second kappa shape index (κ2) is 9.73. The molecule has 0 saturated carbocycles. The summed E-state index contributed by atoms with van der Waals surface area (Å²) < 4.78 is 3.94. The monoisotopic (exact) mass is 610 g/mol. The minimum atomic E-state index is 0.230. The van der Waals surface area contributed by atoms with Gasteiger partial charge >= 0.3 is 0 Å². The minimum Gasteiger partial charge on any atom is -0.333 e. The van der Waals surface area contributed by atoms with Crippen molar-refractivity contribution < 1.29 is 0 Å². The van der Waals surface area contributed by atoms with Crippen LogP contribution in [0.2, 0.25) is 0 Å². The smallest absolute Gasteiger partial charge is 0.124 e. The predicted octanol–water partition coefficient (Wildman–Crippen LogP) is 11.9. The molecule has 0 saturated heterocycles. The first kappa shape index (κ1) is 25.3. The Kier molecular flexibility index (Phi) is 5.48. The molecule has 0 amide bonds. The van der Waals surface area contributed by atoms with E-state index in [0.717, 1.165) is 16.1 Å². The van der Waals surface area contributed by atoms with Gasteiger partial charge in [-0.25, -0.2) is 4.98 Å². The highest BCUT2D eigenvalue weighted by Crippen LogP contribution is 2.53. The van der Waals surface area contributed by atoms with E-state index < -0.39 is 0 Å². The van der Waals surface area contributed by atoms with Crippen molar-refractivity contribution in [1.82, 2.24) is 4.98 Å². The van der Waals surface area contributed by atoms with Crippen LogP contribution in [0.25, 0.3) is 62.9 Å². The number of allylic oxidation sites excluding steroid dienone is 2. The van der Waals surface area contributed by atoms with Crippen LogP contribution in [-0.2, 0) is 0 Å². The van der Waals surface area contributed by atoms with E-state index in [1.165, 1.54) is 63.7 Å². The van der Waals surface area contributed by atoms with Crippen LogP contribution in [0, 0.1) is 0 Å². The summed E-state index contributed by atoms with van der Waals surface area (Å²) in [5.74, 6) is 0.295. The Morgan fingerprint density at radius 2 is 1.36 bits per heavy atom. The lowest BCUT2D eigenvalue weighted by atomic mass is 9.87. The Morgan fingerprint density at radius 1 is 0.600 bits per heavy atom. The quantitative estimate of drug-likeness (QED) is 0.198. The minimum absolute atomic E-state index is 0.230. The van der Waals surface area contributed by atoms with Crippen LogP contribution in [-0.4, -0.2) is 11.0 Å². The summed E-state index contributed by atoms with van der Waals surface area (Å²) >= 11 is 3.67. The molecule has 2 aromatic heterocycles.